The highest BCUT2D eigenvalue weighted by molar-refractivity contribution is 6.39. The van der Waals surface area contributed by atoms with Gasteiger partial charge in [-0.2, -0.15) is 0 Å². The number of nitrogens with zero attached hydrogens (tertiary/aromatic N) is 1. The van der Waals surface area contributed by atoms with E-state index in [0.717, 1.165) is 12.1 Å². The third-order valence-corrected chi connectivity index (χ3v) is 4.92. The van der Waals surface area contributed by atoms with Crippen molar-refractivity contribution in [2.75, 3.05) is 4.90 Å². The lowest BCUT2D eigenvalue weighted by atomic mass is 10.1. The second kappa shape index (κ2) is 8.12. The summed E-state index contributed by atoms with van der Waals surface area (Å²) in [5, 5.41) is 11.4. The molecule has 0 spiro atoms. The Morgan fingerprint density at radius 2 is 1.84 bits per heavy atom. The zero-order valence-corrected chi connectivity index (χ0v) is 16.7. The number of aromatic carboxylic acids is 1. The van der Waals surface area contributed by atoms with Crippen LogP contribution in [-0.2, 0) is 9.59 Å². The molecular weight excluding hydrogens is 443 g/mol. The third kappa shape index (κ3) is 3.77. The van der Waals surface area contributed by atoms with Crippen molar-refractivity contribution in [3.8, 4) is 11.3 Å². The molecular formula is C22H12ClFN2O6. The van der Waals surface area contributed by atoms with Gasteiger partial charge in [-0.3, -0.25) is 14.9 Å². The number of anilines is 1. The first-order valence-electron chi connectivity index (χ1n) is 9.05. The number of carboxylic acids is 1. The molecule has 8 nitrogen and oxygen atoms in total. The Morgan fingerprint density at radius 3 is 2.56 bits per heavy atom. The van der Waals surface area contributed by atoms with Gasteiger partial charge in [-0.25, -0.2) is 18.9 Å². The van der Waals surface area contributed by atoms with Crippen molar-refractivity contribution in [1.82, 2.24) is 5.32 Å². The minimum atomic E-state index is -1.15. The second-order valence-electron chi connectivity index (χ2n) is 6.61. The Morgan fingerprint density at radius 1 is 1.09 bits per heavy atom. The summed E-state index contributed by atoms with van der Waals surface area (Å²) in [4.78, 5) is 49.0. The van der Waals surface area contributed by atoms with Crippen molar-refractivity contribution in [1.29, 1.82) is 0 Å². The van der Waals surface area contributed by atoms with E-state index in [9.17, 15) is 23.6 Å². The smallest absolute Gasteiger partial charge is 0.336 e. The number of halogens is 2. The molecule has 0 radical (unpaired) electrons. The molecule has 2 aromatic carbocycles. The summed E-state index contributed by atoms with van der Waals surface area (Å²) in [6.45, 7) is 0. The lowest BCUT2D eigenvalue weighted by Gasteiger charge is -2.26. The third-order valence-electron chi connectivity index (χ3n) is 4.59. The number of nitrogens with one attached hydrogen (secondary N) is 1. The largest absolute Gasteiger partial charge is 0.478 e. The molecule has 1 saturated heterocycles. The molecule has 1 fully saturated rings. The van der Waals surface area contributed by atoms with Gasteiger partial charge < -0.3 is 9.52 Å². The molecule has 0 unspecified atom stereocenters. The molecule has 32 heavy (non-hydrogen) atoms. The average Bonchev–Trinajstić information content (AvgIpc) is 3.21. The molecule has 10 heteroatoms. The highest BCUT2D eigenvalue weighted by atomic mass is 35.5. The Kier molecular flexibility index (Phi) is 5.33. The minimum absolute atomic E-state index is 0.0124. The number of carbonyl (C=O) groups excluding carboxylic acids is 3. The van der Waals surface area contributed by atoms with E-state index in [4.69, 9.17) is 21.1 Å². The van der Waals surface area contributed by atoms with Crippen LogP contribution in [-0.4, -0.2) is 28.9 Å². The lowest BCUT2D eigenvalue weighted by molar-refractivity contribution is -0.122. The van der Waals surface area contributed by atoms with Gasteiger partial charge in [0.2, 0.25) is 0 Å². The van der Waals surface area contributed by atoms with Gasteiger partial charge in [0.25, 0.3) is 11.8 Å². The number of para-hydroxylation sites is 1. The van der Waals surface area contributed by atoms with Crippen LogP contribution in [0, 0.1) is 5.82 Å². The molecule has 4 amide bonds. The summed E-state index contributed by atoms with van der Waals surface area (Å²) in [5.74, 6) is -3.74. The van der Waals surface area contributed by atoms with Crippen molar-refractivity contribution in [3.63, 3.8) is 0 Å². The quantitative estimate of drug-likeness (QED) is 0.452. The molecule has 2 N–H and O–H groups in total. The van der Waals surface area contributed by atoms with E-state index >= 15 is 0 Å². The zero-order chi connectivity index (χ0) is 23.0. The Balaban J connectivity index is 1.71. The van der Waals surface area contributed by atoms with Gasteiger partial charge in [-0.15, -0.1) is 0 Å². The van der Waals surface area contributed by atoms with E-state index in [1.165, 1.54) is 48.5 Å². The van der Waals surface area contributed by atoms with Crippen molar-refractivity contribution >= 4 is 47.2 Å². The van der Waals surface area contributed by atoms with Crippen molar-refractivity contribution in [2.24, 2.45) is 0 Å². The monoisotopic (exact) mass is 454 g/mol. The Labute approximate surface area is 184 Å². The number of carboxylic acid groups (broad SMARTS) is 1. The van der Waals surface area contributed by atoms with Gasteiger partial charge in [0.05, 0.1) is 16.3 Å². The maximum absolute atomic E-state index is 14.1. The van der Waals surface area contributed by atoms with Gasteiger partial charge in [0, 0.05) is 5.56 Å². The molecule has 4 rings (SSSR count). The summed E-state index contributed by atoms with van der Waals surface area (Å²) < 4.78 is 19.8. The number of urea groups is 1. The van der Waals surface area contributed by atoms with E-state index in [-0.39, 0.29) is 27.8 Å². The number of hydrogen-bond acceptors (Lipinski definition) is 5. The van der Waals surface area contributed by atoms with E-state index in [1.54, 1.807) is 0 Å². The number of furan rings is 1. The molecule has 0 saturated carbocycles. The van der Waals surface area contributed by atoms with Crippen LogP contribution in [0.1, 0.15) is 16.1 Å². The molecule has 0 aliphatic carbocycles. The number of carbonyl (C=O) groups is 4. The first-order valence-corrected chi connectivity index (χ1v) is 9.43. The average molecular weight is 455 g/mol. The van der Waals surface area contributed by atoms with Crippen molar-refractivity contribution < 1.29 is 33.1 Å². The molecule has 0 atom stereocenters. The van der Waals surface area contributed by atoms with Gasteiger partial charge in [0.15, 0.2) is 0 Å². The SMILES string of the molecule is O=C1NC(=O)N(c2ccccc2F)C(=O)/C1=C\c1ccc(-c2cc(C(=O)O)ccc2Cl)o1. The van der Waals surface area contributed by atoms with Crippen molar-refractivity contribution in [2.45, 2.75) is 0 Å². The molecule has 1 aliphatic rings. The van der Waals surface area contributed by atoms with E-state index in [0.29, 0.717) is 10.5 Å². The lowest BCUT2D eigenvalue weighted by Crippen LogP contribution is -2.54. The summed E-state index contributed by atoms with van der Waals surface area (Å²) in [6, 6.07) is 11.0. The van der Waals surface area contributed by atoms with Crippen LogP contribution in [0.15, 0.2) is 64.6 Å². The number of barbiturate groups is 1. The fraction of sp³-hybridized carbons (Fsp3) is 0. The number of imide groups is 2. The van der Waals surface area contributed by atoms with Crippen LogP contribution < -0.4 is 10.2 Å². The molecule has 1 aliphatic heterocycles. The molecule has 3 aromatic rings. The van der Waals surface area contributed by atoms with Gasteiger partial charge in [0.1, 0.15) is 22.9 Å². The van der Waals surface area contributed by atoms with Crippen LogP contribution in [0.2, 0.25) is 5.02 Å². The van der Waals surface area contributed by atoms with Crippen LogP contribution >= 0.6 is 11.6 Å². The van der Waals surface area contributed by atoms with E-state index in [2.05, 4.69) is 0 Å². The summed E-state index contributed by atoms with van der Waals surface area (Å²) in [7, 11) is 0. The summed E-state index contributed by atoms with van der Waals surface area (Å²) in [6.07, 6.45) is 1.09. The maximum atomic E-state index is 14.1. The molecule has 1 aromatic heterocycles. The van der Waals surface area contributed by atoms with Crippen LogP contribution in [0.25, 0.3) is 17.4 Å². The highest BCUT2D eigenvalue weighted by Gasteiger charge is 2.38. The maximum Gasteiger partial charge on any atom is 0.336 e. The van der Waals surface area contributed by atoms with Crippen LogP contribution in [0.3, 0.4) is 0 Å². The van der Waals surface area contributed by atoms with E-state index < -0.39 is 35.2 Å². The highest BCUT2D eigenvalue weighted by Crippen LogP contribution is 2.31. The fourth-order valence-electron chi connectivity index (χ4n) is 3.07. The van der Waals surface area contributed by atoms with Gasteiger partial charge in [-0.1, -0.05) is 23.7 Å². The fourth-order valence-corrected chi connectivity index (χ4v) is 3.28. The predicted octanol–water partition coefficient (Wildman–Crippen LogP) is 4.10. The molecule has 0 bridgehead atoms. The first-order chi connectivity index (χ1) is 15.3. The number of benzene rings is 2. The second-order valence-corrected chi connectivity index (χ2v) is 7.02. The van der Waals surface area contributed by atoms with Gasteiger partial charge in [-0.05, 0) is 48.5 Å². The first kappa shape index (κ1) is 21.0. The zero-order valence-electron chi connectivity index (χ0n) is 16.0. The Hall–Kier alpha value is -4.24. The topological polar surface area (TPSA) is 117 Å². The van der Waals surface area contributed by atoms with Gasteiger partial charge >= 0.3 is 12.0 Å². The molecule has 160 valence electrons. The number of rotatable bonds is 4. The molecule has 2 heterocycles. The minimum Gasteiger partial charge on any atom is -0.478 e. The normalized spacial score (nSPS) is 15.2. The van der Waals surface area contributed by atoms with Crippen LogP contribution in [0.5, 0.6) is 0 Å². The predicted molar refractivity (Wildman–Crippen MR) is 112 cm³/mol. The summed E-state index contributed by atoms with van der Waals surface area (Å²) >= 11 is 6.13. The summed E-state index contributed by atoms with van der Waals surface area (Å²) in [5.41, 5.74) is -0.495. The standard InChI is InChI=1S/C22H12ClFN2O6/c23-15-7-5-11(21(29)30)9-13(15)18-8-6-12(32-18)10-14-19(27)25-22(31)26(20(14)28)17-4-2-1-3-16(17)24/h1-10H,(H,29,30)(H,25,27,31)/b14-10-. The van der Waals surface area contributed by atoms with Crippen LogP contribution in [0.4, 0.5) is 14.9 Å². The number of amides is 4. The van der Waals surface area contributed by atoms with Crippen molar-refractivity contribution in [3.05, 3.63) is 82.3 Å². The van der Waals surface area contributed by atoms with E-state index in [1.807, 2.05) is 5.32 Å². The number of hydrogen-bond donors (Lipinski definition) is 2. The Bertz CT molecular complexity index is 1330.